The average Bonchev–Trinajstić information content (AvgIpc) is 1.50. The van der Waals surface area contributed by atoms with Crippen LogP contribution in [-0.2, 0) is 5.41 Å². The summed E-state index contributed by atoms with van der Waals surface area (Å²) < 4.78 is 45.2. The molecule has 1 spiro atoms. The minimum atomic E-state index is -0.870. The third kappa shape index (κ3) is 13.7. The van der Waals surface area contributed by atoms with Crippen molar-refractivity contribution in [2.75, 3.05) is 76.5 Å². The highest BCUT2D eigenvalue weighted by atomic mass is 16.5. The SMILES string of the molecule is COc1ccc(N(c2ccc(OC)cc2)c2ccc(-c3ccc4c(c3)C3(c5cc(-c6ccc(N(c7ccc(OC)cc7)c7ccc(OC)cc7)cc6)ccc5-4)c4cc(-c5ccc(N(c6ccc(OC)cc6)c6ccc(OC)cc6)cc5)ccc4-c4ccc(-c5ccc(N(c6ccc(OC)cc6)c6ccc(OC)cc6)cc5)cc43)cc2)cc1. The average molecular weight is 1530 g/mol. The molecule has 0 aromatic heterocycles. The second kappa shape index (κ2) is 31.6. The Morgan fingerprint density at radius 1 is 0.145 bits per heavy atom. The molecule has 16 aromatic rings. The standard InChI is InChI=1S/C105H84N4O8/c1-110-89-45-29-81(30-46-89)106(82-31-47-90(111-2)48-32-82)77-21-9-69(10-22-77)73-17-61-97-98-62-18-74(70-11-23-78(24-12-70)107(83-33-49-91(112-3)50-34-83)84-35-51-92(113-4)52-36-84)66-102(98)105(101(97)65-73)103-67-75(71-13-25-79(26-14-71)108(85-37-53-93(114-5)54-38-85)86-39-55-94(115-6)56-40-86)19-63-99(103)100-64-20-76(68-104(100)105)72-15-27-80(28-16-72)109(87-41-57-95(116-7)58-42-87)88-43-59-96(117-8)60-44-88/h9-68H,1-8H3. The Labute approximate surface area is 683 Å². The first-order valence-electron chi connectivity index (χ1n) is 38.9. The molecule has 0 fully saturated rings. The zero-order valence-corrected chi connectivity index (χ0v) is 66.2. The molecule has 0 unspecified atom stereocenters. The zero-order valence-electron chi connectivity index (χ0n) is 66.2. The summed E-state index contributed by atoms with van der Waals surface area (Å²) in [6.07, 6.45) is 0. The van der Waals surface area contributed by atoms with E-state index in [2.05, 4.69) is 287 Å². The number of ether oxygens (including phenoxy) is 8. The van der Waals surface area contributed by atoms with Crippen LogP contribution in [0.25, 0.3) is 66.8 Å². The highest BCUT2D eigenvalue weighted by molar-refractivity contribution is 5.99. The molecule has 0 aliphatic heterocycles. The van der Waals surface area contributed by atoms with Gasteiger partial charge in [0.05, 0.1) is 62.3 Å². The van der Waals surface area contributed by atoms with Gasteiger partial charge in [-0.05, 0) is 356 Å². The Hall–Kier alpha value is -14.9. The third-order valence-corrected chi connectivity index (χ3v) is 22.8. The van der Waals surface area contributed by atoms with Crippen LogP contribution in [0.2, 0.25) is 0 Å². The fourth-order valence-corrected chi connectivity index (χ4v) is 16.8. The number of hydrogen-bond acceptors (Lipinski definition) is 12. The lowest BCUT2D eigenvalue weighted by Gasteiger charge is -2.32. The lowest BCUT2D eigenvalue weighted by Crippen LogP contribution is -2.26. The molecule has 0 amide bonds. The maximum absolute atomic E-state index is 5.64. The Morgan fingerprint density at radius 2 is 0.265 bits per heavy atom. The molecule has 0 heterocycles. The second-order valence-corrected chi connectivity index (χ2v) is 28.9. The summed E-state index contributed by atoms with van der Waals surface area (Å²) >= 11 is 0. The highest BCUT2D eigenvalue weighted by Gasteiger charge is 2.52. The van der Waals surface area contributed by atoms with Gasteiger partial charge in [-0.25, -0.2) is 0 Å². The number of anilines is 12. The lowest BCUT2D eigenvalue weighted by molar-refractivity contribution is 0.414. The molecule has 0 atom stereocenters. The van der Waals surface area contributed by atoms with Crippen LogP contribution in [0.1, 0.15) is 22.3 Å². The number of fused-ring (bicyclic) bond motifs is 10. The van der Waals surface area contributed by atoms with Crippen molar-refractivity contribution in [1.29, 1.82) is 0 Å². The molecule has 0 bridgehead atoms. The van der Waals surface area contributed by atoms with Crippen LogP contribution >= 0.6 is 0 Å². The molecule has 2 aliphatic rings. The maximum Gasteiger partial charge on any atom is 0.119 e. The molecule has 16 aromatic carbocycles. The van der Waals surface area contributed by atoms with E-state index in [1.165, 1.54) is 44.5 Å². The summed E-state index contributed by atoms with van der Waals surface area (Å²) in [6.45, 7) is 0. The van der Waals surface area contributed by atoms with E-state index >= 15 is 0 Å². The molecule has 117 heavy (non-hydrogen) atoms. The van der Waals surface area contributed by atoms with Crippen molar-refractivity contribution in [2.45, 2.75) is 5.41 Å². The van der Waals surface area contributed by atoms with Gasteiger partial charge in [-0.1, -0.05) is 97.1 Å². The van der Waals surface area contributed by atoms with Gasteiger partial charge in [0.15, 0.2) is 0 Å². The van der Waals surface area contributed by atoms with Crippen molar-refractivity contribution in [1.82, 2.24) is 0 Å². The number of benzene rings is 16. The first-order chi connectivity index (χ1) is 57.5. The van der Waals surface area contributed by atoms with Gasteiger partial charge in [0.2, 0.25) is 0 Å². The fourth-order valence-electron chi connectivity index (χ4n) is 16.8. The number of hydrogen-bond donors (Lipinski definition) is 0. The fraction of sp³-hybridized carbons (Fsp3) is 0.0857. The Bertz CT molecular complexity index is 5260. The molecule has 12 nitrogen and oxygen atoms in total. The lowest BCUT2D eigenvalue weighted by atomic mass is 9.69. The summed E-state index contributed by atoms with van der Waals surface area (Å²) in [5, 5.41) is 0. The van der Waals surface area contributed by atoms with Crippen LogP contribution in [0.4, 0.5) is 68.2 Å². The minimum Gasteiger partial charge on any atom is -0.497 e. The van der Waals surface area contributed by atoms with Crippen molar-refractivity contribution in [3.63, 3.8) is 0 Å². The van der Waals surface area contributed by atoms with E-state index in [1.54, 1.807) is 56.9 Å². The van der Waals surface area contributed by atoms with Crippen LogP contribution in [0.15, 0.2) is 364 Å². The van der Waals surface area contributed by atoms with Crippen molar-refractivity contribution in [3.8, 4) is 113 Å². The van der Waals surface area contributed by atoms with Crippen molar-refractivity contribution in [2.24, 2.45) is 0 Å². The minimum absolute atomic E-state index is 0.783. The molecular weight excluding hydrogens is 1450 g/mol. The number of methoxy groups -OCH3 is 8. The molecule has 12 heteroatoms. The van der Waals surface area contributed by atoms with Gasteiger partial charge in [-0.3, -0.25) is 0 Å². The van der Waals surface area contributed by atoms with E-state index in [0.717, 1.165) is 159 Å². The predicted molar refractivity (Wildman–Crippen MR) is 476 cm³/mol. The predicted octanol–water partition coefficient (Wildman–Crippen LogP) is 26.6. The Kier molecular flexibility index (Phi) is 19.9. The first-order valence-corrected chi connectivity index (χ1v) is 38.9. The van der Waals surface area contributed by atoms with Gasteiger partial charge in [0, 0.05) is 68.2 Å². The Morgan fingerprint density at radius 3 is 0.393 bits per heavy atom. The molecule has 0 saturated heterocycles. The van der Waals surface area contributed by atoms with Crippen LogP contribution in [0.3, 0.4) is 0 Å². The third-order valence-electron chi connectivity index (χ3n) is 22.8. The summed E-state index contributed by atoms with van der Waals surface area (Å²) in [6, 6.07) is 130. The molecule has 2 aliphatic carbocycles. The van der Waals surface area contributed by atoms with E-state index in [-0.39, 0.29) is 0 Å². The topological polar surface area (TPSA) is 86.8 Å². The molecule has 18 rings (SSSR count). The number of rotatable bonds is 24. The highest BCUT2D eigenvalue weighted by Crippen LogP contribution is 2.65. The van der Waals surface area contributed by atoms with Crippen LogP contribution in [-0.4, -0.2) is 56.9 Å². The largest absolute Gasteiger partial charge is 0.497 e. The quantitative estimate of drug-likeness (QED) is 0.0577. The molecule has 0 radical (unpaired) electrons. The van der Waals surface area contributed by atoms with E-state index in [1.807, 2.05) is 97.1 Å². The van der Waals surface area contributed by atoms with E-state index in [9.17, 15) is 0 Å². The van der Waals surface area contributed by atoms with Gasteiger partial charge in [-0.15, -0.1) is 0 Å². The van der Waals surface area contributed by atoms with Gasteiger partial charge in [0.1, 0.15) is 46.0 Å². The smallest absolute Gasteiger partial charge is 0.119 e. The van der Waals surface area contributed by atoms with E-state index < -0.39 is 5.41 Å². The second-order valence-electron chi connectivity index (χ2n) is 28.9. The van der Waals surface area contributed by atoms with Gasteiger partial charge < -0.3 is 57.5 Å². The van der Waals surface area contributed by atoms with Crippen LogP contribution in [0.5, 0.6) is 46.0 Å². The van der Waals surface area contributed by atoms with Gasteiger partial charge >= 0.3 is 0 Å². The monoisotopic (exact) mass is 1530 g/mol. The van der Waals surface area contributed by atoms with Crippen molar-refractivity contribution >= 4 is 68.2 Å². The van der Waals surface area contributed by atoms with Crippen molar-refractivity contribution < 1.29 is 37.9 Å². The van der Waals surface area contributed by atoms with E-state index in [4.69, 9.17) is 37.9 Å². The van der Waals surface area contributed by atoms with Gasteiger partial charge in [0.25, 0.3) is 0 Å². The normalized spacial score (nSPS) is 11.8. The molecule has 0 saturated carbocycles. The first kappa shape index (κ1) is 73.6. The molecule has 572 valence electrons. The molecular formula is C105H84N4O8. The summed E-state index contributed by atoms with van der Waals surface area (Å²) in [5.74, 6) is 6.26. The summed E-state index contributed by atoms with van der Waals surface area (Å²) in [5.41, 5.74) is 29.2. The summed E-state index contributed by atoms with van der Waals surface area (Å²) in [7, 11) is 13.6. The molecule has 0 N–H and O–H groups in total. The van der Waals surface area contributed by atoms with Crippen molar-refractivity contribution in [3.05, 3.63) is 386 Å². The maximum atomic E-state index is 5.64. The summed E-state index contributed by atoms with van der Waals surface area (Å²) in [4.78, 5) is 9.05. The van der Waals surface area contributed by atoms with Crippen LogP contribution in [0, 0.1) is 0 Å². The van der Waals surface area contributed by atoms with Crippen LogP contribution < -0.4 is 57.5 Å². The zero-order chi connectivity index (χ0) is 79.7. The number of nitrogens with zero attached hydrogens (tertiary/aromatic N) is 4. The van der Waals surface area contributed by atoms with E-state index in [0.29, 0.717) is 0 Å². The Balaban J connectivity index is 0.820. The van der Waals surface area contributed by atoms with Gasteiger partial charge in [-0.2, -0.15) is 0 Å².